The molecule has 0 unspecified atom stereocenters. The fourth-order valence-corrected chi connectivity index (χ4v) is 13.8. The van der Waals surface area contributed by atoms with Crippen LogP contribution in [0.5, 0.6) is 0 Å². The van der Waals surface area contributed by atoms with Crippen molar-refractivity contribution >= 4 is 39.7 Å². The molecule has 7 atom stereocenters. The Morgan fingerprint density at radius 3 is 2.00 bits per heavy atom. The molecular weight excluding hydrogens is 783 g/mol. The zero-order valence-corrected chi connectivity index (χ0v) is 38.8. The number of likely N-dealkylation sites (tertiary alicyclic amines) is 2. The van der Waals surface area contributed by atoms with Gasteiger partial charge in [-0.25, -0.2) is 4.72 Å². The molecule has 7 fully saturated rings. The van der Waals surface area contributed by atoms with E-state index >= 15 is 4.79 Å². The van der Waals surface area contributed by atoms with Crippen LogP contribution in [0.1, 0.15) is 158 Å². The van der Waals surface area contributed by atoms with Crippen LogP contribution >= 0.6 is 0 Å². The number of nitrogens with zero attached hydrogens (tertiary/aromatic N) is 3. The highest BCUT2D eigenvalue weighted by Crippen LogP contribution is 2.88. The Morgan fingerprint density at radius 1 is 0.817 bits per heavy atom. The number of carbonyl (C=O) groups excluding carboxylic acids is 5. The first kappa shape index (κ1) is 45.3. The standard InChI is InChI=1S/C45H75N7O7S/c1-10-30-25-45(30,40(57)49-60(58,59)50(9)31-20-21-31)48-37(54)33-26-44(42(7,8)43(44)22-16-23-43)27-52(33)39(56)35(41(4,5)6)47-38(55)34(29-17-12-11-13-18-29)46-36(53)32-19-14-15-24-51(32)28(2)3/h28-35H,10-27H2,1-9H3,(H,46,53)(H,47,55)(H,48,54)(H,49,57)/t30-,32+,33+,34+,35-,44-,45-/m1/s1. The molecule has 7 rings (SSSR count). The minimum Gasteiger partial charge on any atom is -0.343 e. The van der Waals surface area contributed by atoms with Crippen LogP contribution in [-0.4, -0.2) is 114 Å². The minimum absolute atomic E-state index is 0.00451. The van der Waals surface area contributed by atoms with Crippen molar-refractivity contribution < 1.29 is 32.4 Å². The van der Waals surface area contributed by atoms with Gasteiger partial charge in [-0.2, -0.15) is 12.7 Å². The highest BCUT2D eigenvalue weighted by Gasteiger charge is 2.85. The first-order valence-corrected chi connectivity index (χ1v) is 24.8. The van der Waals surface area contributed by atoms with E-state index in [1.807, 2.05) is 27.7 Å². The predicted octanol–water partition coefficient (Wildman–Crippen LogP) is 4.38. The lowest BCUT2D eigenvalue weighted by Crippen LogP contribution is -2.63. The molecule has 2 aliphatic heterocycles. The summed E-state index contributed by atoms with van der Waals surface area (Å²) in [5.41, 5.74) is -2.62. The fourth-order valence-electron chi connectivity index (χ4n) is 12.6. The predicted molar refractivity (Wildman–Crippen MR) is 229 cm³/mol. The molecule has 7 aliphatic rings. The number of carbonyl (C=O) groups is 5. The van der Waals surface area contributed by atoms with E-state index in [1.54, 1.807) is 4.90 Å². The first-order valence-electron chi connectivity index (χ1n) is 23.4. The third-order valence-corrected chi connectivity index (χ3v) is 18.5. The van der Waals surface area contributed by atoms with Crippen LogP contribution < -0.4 is 20.7 Å². The van der Waals surface area contributed by atoms with E-state index in [0.717, 1.165) is 90.0 Å². The molecule has 338 valence electrons. The van der Waals surface area contributed by atoms with Crippen LogP contribution in [0.2, 0.25) is 0 Å². The monoisotopic (exact) mass is 858 g/mol. The molecule has 15 heteroatoms. The molecule has 0 aromatic rings. The smallest absolute Gasteiger partial charge is 0.303 e. The second-order valence-electron chi connectivity index (χ2n) is 21.8. The molecule has 0 aromatic carbocycles. The van der Waals surface area contributed by atoms with Crippen LogP contribution in [0, 0.1) is 33.5 Å². The van der Waals surface area contributed by atoms with Crippen LogP contribution in [-0.2, 0) is 34.2 Å². The number of rotatable bonds is 14. The number of hydrogen-bond donors (Lipinski definition) is 4. The van der Waals surface area contributed by atoms with Crippen molar-refractivity contribution in [3.63, 3.8) is 0 Å². The maximum Gasteiger partial charge on any atom is 0.303 e. The summed E-state index contributed by atoms with van der Waals surface area (Å²) in [6, 6.07) is -3.00. The minimum atomic E-state index is -4.11. The topological polar surface area (TPSA) is 177 Å². The molecule has 0 radical (unpaired) electrons. The van der Waals surface area contributed by atoms with Gasteiger partial charge in [0, 0.05) is 31.1 Å². The van der Waals surface area contributed by atoms with Crippen LogP contribution in [0.25, 0.3) is 0 Å². The van der Waals surface area contributed by atoms with Gasteiger partial charge in [0.1, 0.15) is 23.7 Å². The second-order valence-corrected chi connectivity index (χ2v) is 23.5. The Balaban J connectivity index is 1.15. The maximum atomic E-state index is 15.3. The molecule has 5 aliphatic carbocycles. The van der Waals surface area contributed by atoms with E-state index in [2.05, 4.69) is 53.3 Å². The van der Waals surface area contributed by atoms with E-state index in [9.17, 15) is 27.6 Å². The number of fused-ring (bicyclic) bond motifs is 1. The molecule has 2 saturated heterocycles. The van der Waals surface area contributed by atoms with Crippen molar-refractivity contribution in [3.8, 4) is 0 Å². The van der Waals surface area contributed by atoms with Gasteiger partial charge in [-0.05, 0) is 113 Å². The van der Waals surface area contributed by atoms with Crippen LogP contribution in [0.15, 0.2) is 0 Å². The molecule has 14 nitrogen and oxygen atoms in total. The van der Waals surface area contributed by atoms with Gasteiger partial charge in [0.05, 0.1) is 6.04 Å². The average molecular weight is 858 g/mol. The highest BCUT2D eigenvalue weighted by atomic mass is 32.2. The lowest BCUT2D eigenvalue weighted by Gasteiger charge is -2.40. The van der Waals surface area contributed by atoms with Gasteiger partial charge in [0.2, 0.25) is 23.6 Å². The summed E-state index contributed by atoms with van der Waals surface area (Å²) < 4.78 is 29.9. The van der Waals surface area contributed by atoms with E-state index in [0.29, 0.717) is 25.8 Å². The summed E-state index contributed by atoms with van der Waals surface area (Å²) in [5.74, 6) is -2.39. The first-order chi connectivity index (χ1) is 28.1. The van der Waals surface area contributed by atoms with Crippen molar-refractivity contribution in [2.45, 2.75) is 200 Å². The average Bonchev–Trinajstić information content (AvgIpc) is 4.13. The maximum absolute atomic E-state index is 15.3. The van der Waals surface area contributed by atoms with Crippen molar-refractivity contribution in [2.75, 3.05) is 20.1 Å². The molecule has 2 spiro atoms. The van der Waals surface area contributed by atoms with Crippen molar-refractivity contribution in [3.05, 3.63) is 0 Å². The highest BCUT2D eigenvalue weighted by molar-refractivity contribution is 7.87. The third-order valence-electron chi connectivity index (χ3n) is 17.0. The normalized spacial score (nSPS) is 32.3. The van der Waals surface area contributed by atoms with Crippen molar-refractivity contribution in [2.24, 2.45) is 33.5 Å². The zero-order chi connectivity index (χ0) is 43.8. The molecule has 0 aromatic heterocycles. The van der Waals surface area contributed by atoms with Crippen LogP contribution in [0.3, 0.4) is 0 Å². The Morgan fingerprint density at radius 2 is 1.47 bits per heavy atom. The van der Waals surface area contributed by atoms with Gasteiger partial charge < -0.3 is 20.9 Å². The summed E-state index contributed by atoms with van der Waals surface area (Å²) in [4.78, 5) is 76.8. The van der Waals surface area contributed by atoms with Gasteiger partial charge in [0.25, 0.3) is 5.91 Å². The number of nitrogens with one attached hydrogen (secondary N) is 4. The van der Waals surface area contributed by atoms with Crippen molar-refractivity contribution in [1.82, 2.24) is 34.8 Å². The molecule has 0 bridgehead atoms. The molecular formula is C45H75N7O7S. The number of piperidine rings is 1. The molecule has 5 saturated carbocycles. The van der Waals surface area contributed by atoms with E-state index in [1.165, 1.54) is 11.4 Å². The Hall–Kier alpha value is -2.78. The van der Waals surface area contributed by atoms with Gasteiger partial charge in [-0.1, -0.05) is 80.1 Å². The van der Waals surface area contributed by atoms with Gasteiger partial charge in [-0.3, -0.25) is 28.9 Å². The van der Waals surface area contributed by atoms with Gasteiger partial charge in [-0.15, -0.1) is 0 Å². The zero-order valence-electron chi connectivity index (χ0n) is 38.0. The quantitative estimate of drug-likeness (QED) is 0.199. The number of hydrogen-bond acceptors (Lipinski definition) is 8. The molecule has 4 N–H and O–H groups in total. The SMILES string of the molecule is CC[C@@H]1C[C@]1(NC(=O)[C@@H]1C[C@@]2(CN1C(=O)[C@@H](NC(=O)[C@@H](NC(=O)[C@@H]1CCCCN1C(C)C)C1CCCCC1)C(C)(C)C)C(C)(C)C21CCC1)C(=O)NS(=O)(=O)N(C)C1CC1. The molecule has 60 heavy (non-hydrogen) atoms. The van der Waals surface area contributed by atoms with Crippen LogP contribution in [0.4, 0.5) is 0 Å². The lowest BCUT2D eigenvalue weighted by molar-refractivity contribution is -0.145. The third kappa shape index (κ3) is 7.70. The summed E-state index contributed by atoms with van der Waals surface area (Å²) in [6.07, 6.45) is 13.3. The largest absolute Gasteiger partial charge is 0.343 e. The molecule has 5 amide bonds. The van der Waals surface area contributed by atoms with Crippen molar-refractivity contribution in [1.29, 1.82) is 0 Å². The van der Waals surface area contributed by atoms with E-state index in [4.69, 9.17) is 0 Å². The molecule has 2 heterocycles. The Bertz CT molecular complexity index is 1820. The summed E-state index contributed by atoms with van der Waals surface area (Å²) in [6.45, 7) is 17.5. The van der Waals surface area contributed by atoms with E-state index in [-0.39, 0.29) is 63.9 Å². The Labute approximate surface area is 359 Å². The second kappa shape index (κ2) is 16.1. The summed E-state index contributed by atoms with van der Waals surface area (Å²) in [5, 5.41) is 9.42. The summed E-state index contributed by atoms with van der Waals surface area (Å²) >= 11 is 0. The Kier molecular flexibility index (Phi) is 12.1. The van der Waals surface area contributed by atoms with Gasteiger partial charge in [0.15, 0.2) is 0 Å². The fraction of sp³-hybridized carbons (Fsp3) is 0.889. The van der Waals surface area contributed by atoms with E-state index < -0.39 is 51.1 Å². The van der Waals surface area contributed by atoms with Gasteiger partial charge >= 0.3 is 10.2 Å². The summed E-state index contributed by atoms with van der Waals surface area (Å²) in [7, 11) is -2.65. The number of amides is 5. The lowest BCUT2D eigenvalue weighted by atomic mass is 9.73.